The lowest BCUT2D eigenvalue weighted by Gasteiger charge is -2.35. The number of hydrogen-bond acceptors (Lipinski definition) is 4. The summed E-state index contributed by atoms with van der Waals surface area (Å²) in [6.07, 6.45) is 1.48. The molecule has 0 spiro atoms. The van der Waals surface area contributed by atoms with Crippen LogP contribution in [-0.2, 0) is 14.4 Å². The molecule has 0 aromatic rings. The number of nitrogens with one attached hydrogen (secondary N) is 1. The number of carbonyl (C=O) groups is 3. The van der Waals surface area contributed by atoms with Gasteiger partial charge in [0.05, 0.1) is 13.0 Å². The summed E-state index contributed by atoms with van der Waals surface area (Å²) in [6.45, 7) is 6.46. The van der Waals surface area contributed by atoms with Gasteiger partial charge in [-0.15, -0.1) is 0 Å². The highest BCUT2D eigenvalue weighted by atomic mass is 16.4. The lowest BCUT2D eigenvalue weighted by atomic mass is 10.1. The number of carbonyl (C=O) groups excluding carboxylic acids is 2. The quantitative estimate of drug-likeness (QED) is 0.654. The topological polar surface area (TPSA) is 90.0 Å². The van der Waals surface area contributed by atoms with Gasteiger partial charge in [-0.3, -0.25) is 19.3 Å². The standard InChI is InChI=1S/C14H25N3O4/c1-3-6-16(7-4-2)12(18)10-17-8-5-15-14(21)11(17)9-13(19)20/h11H,3-10H2,1-2H3,(H,15,21)(H,19,20). The first kappa shape index (κ1) is 17.4. The molecule has 120 valence electrons. The predicted octanol–water partition coefficient (Wildman–Crippen LogP) is -0.0899. The van der Waals surface area contributed by atoms with Crippen LogP contribution in [0.1, 0.15) is 33.1 Å². The Kier molecular flexibility index (Phi) is 7.14. The van der Waals surface area contributed by atoms with Crippen LogP contribution in [0.2, 0.25) is 0 Å². The van der Waals surface area contributed by atoms with Crippen LogP contribution in [0.3, 0.4) is 0 Å². The minimum atomic E-state index is -1.03. The van der Waals surface area contributed by atoms with Gasteiger partial charge in [-0.25, -0.2) is 0 Å². The molecular weight excluding hydrogens is 274 g/mol. The minimum absolute atomic E-state index is 0.0382. The van der Waals surface area contributed by atoms with Crippen LogP contribution < -0.4 is 5.32 Å². The van der Waals surface area contributed by atoms with E-state index in [4.69, 9.17) is 5.11 Å². The second-order valence-electron chi connectivity index (χ2n) is 5.26. The largest absolute Gasteiger partial charge is 0.481 e. The van der Waals surface area contributed by atoms with E-state index in [1.165, 1.54) is 0 Å². The highest BCUT2D eigenvalue weighted by Crippen LogP contribution is 2.10. The number of rotatable bonds is 8. The van der Waals surface area contributed by atoms with Gasteiger partial charge in [0.1, 0.15) is 6.04 Å². The van der Waals surface area contributed by atoms with E-state index >= 15 is 0 Å². The summed E-state index contributed by atoms with van der Waals surface area (Å²) < 4.78 is 0. The van der Waals surface area contributed by atoms with Gasteiger partial charge >= 0.3 is 5.97 Å². The number of amides is 2. The van der Waals surface area contributed by atoms with Crippen molar-refractivity contribution in [3.05, 3.63) is 0 Å². The summed E-state index contributed by atoms with van der Waals surface area (Å²) >= 11 is 0. The Labute approximate surface area is 125 Å². The van der Waals surface area contributed by atoms with Crippen molar-refractivity contribution in [1.29, 1.82) is 0 Å². The van der Waals surface area contributed by atoms with Crippen molar-refractivity contribution in [1.82, 2.24) is 15.1 Å². The van der Waals surface area contributed by atoms with Gasteiger partial charge in [0.25, 0.3) is 0 Å². The lowest BCUT2D eigenvalue weighted by Crippen LogP contribution is -2.58. The van der Waals surface area contributed by atoms with Gasteiger partial charge in [0.15, 0.2) is 0 Å². The first-order valence-electron chi connectivity index (χ1n) is 7.50. The molecule has 1 atom stereocenters. The van der Waals surface area contributed by atoms with E-state index in [1.54, 1.807) is 9.80 Å². The Hall–Kier alpha value is -1.63. The molecule has 0 aromatic heterocycles. The zero-order valence-corrected chi connectivity index (χ0v) is 12.8. The van der Waals surface area contributed by atoms with Crippen molar-refractivity contribution in [3.8, 4) is 0 Å². The fourth-order valence-electron chi connectivity index (χ4n) is 2.51. The zero-order valence-electron chi connectivity index (χ0n) is 12.8. The number of nitrogens with zero attached hydrogens (tertiary/aromatic N) is 2. The van der Waals surface area contributed by atoms with Gasteiger partial charge < -0.3 is 15.3 Å². The molecule has 21 heavy (non-hydrogen) atoms. The highest BCUT2D eigenvalue weighted by molar-refractivity contribution is 5.87. The number of aliphatic carboxylic acids is 1. The van der Waals surface area contributed by atoms with Crippen LogP contribution in [0.4, 0.5) is 0 Å². The maximum atomic E-state index is 12.3. The van der Waals surface area contributed by atoms with E-state index in [0.29, 0.717) is 26.2 Å². The third-order valence-corrected chi connectivity index (χ3v) is 3.49. The first-order valence-corrected chi connectivity index (χ1v) is 7.50. The molecule has 1 unspecified atom stereocenters. The van der Waals surface area contributed by atoms with Crippen LogP contribution in [0.25, 0.3) is 0 Å². The Morgan fingerprint density at radius 1 is 1.33 bits per heavy atom. The molecule has 0 bridgehead atoms. The fourth-order valence-corrected chi connectivity index (χ4v) is 2.51. The molecule has 0 aromatic carbocycles. The van der Waals surface area contributed by atoms with E-state index < -0.39 is 12.0 Å². The van der Waals surface area contributed by atoms with Crippen LogP contribution in [0, 0.1) is 0 Å². The lowest BCUT2D eigenvalue weighted by molar-refractivity contribution is -0.145. The molecule has 1 rings (SSSR count). The smallest absolute Gasteiger partial charge is 0.305 e. The molecule has 1 aliphatic heterocycles. The first-order chi connectivity index (χ1) is 9.99. The zero-order chi connectivity index (χ0) is 15.8. The van der Waals surface area contributed by atoms with Crippen LogP contribution in [0.15, 0.2) is 0 Å². The van der Waals surface area contributed by atoms with E-state index in [-0.39, 0.29) is 24.8 Å². The second kappa shape index (κ2) is 8.61. The van der Waals surface area contributed by atoms with Gasteiger partial charge in [0.2, 0.25) is 11.8 Å². The van der Waals surface area contributed by atoms with Crippen molar-refractivity contribution in [3.63, 3.8) is 0 Å². The summed E-state index contributed by atoms with van der Waals surface area (Å²) in [5.41, 5.74) is 0. The molecule has 7 nitrogen and oxygen atoms in total. The number of piperazine rings is 1. The summed E-state index contributed by atoms with van der Waals surface area (Å²) in [5.74, 6) is -1.38. The third kappa shape index (κ3) is 5.34. The van der Waals surface area contributed by atoms with Gasteiger partial charge in [0, 0.05) is 26.2 Å². The molecular formula is C14H25N3O4. The number of carboxylic acid groups (broad SMARTS) is 1. The summed E-state index contributed by atoms with van der Waals surface area (Å²) in [7, 11) is 0. The Bertz CT molecular complexity index is 380. The van der Waals surface area contributed by atoms with Crippen molar-refractivity contribution < 1.29 is 19.5 Å². The summed E-state index contributed by atoms with van der Waals surface area (Å²) in [4.78, 5) is 38.5. The predicted molar refractivity (Wildman–Crippen MR) is 77.8 cm³/mol. The Morgan fingerprint density at radius 2 is 1.95 bits per heavy atom. The average Bonchev–Trinajstić information content (AvgIpc) is 2.42. The van der Waals surface area contributed by atoms with E-state index in [1.807, 2.05) is 13.8 Å². The molecule has 1 heterocycles. The second-order valence-corrected chi connectivity index (χ2v) is 5.26. The molecule has 1 fully saturated rings. The van der Waals surface area contributed by atoms with Gasteiger partial charge in [-0.2, -0.15) is 0 Å². The molecule has 1 aliphatic rings. The molecule has 0 aliphatic carbocycles. The Balaban J connectivity index is 2.69. The Morgan fingerprint density at radius 3 is 2.48 bits per heavy atom. The van der Waals surface area contributed by atoms with Crippen molar-refractivity contribution >= 4 is 17.8 Å². The molecule has 2 N–H and O–H groups in total. The molecule has 0 saturated carbocycles. The summed E-state index contributed by atoms with van der Waals surface area (Å²) in [5, 5.41) is 11.6. The van der Waals surface area contributed by atoms with Crippen LogP contribution >= 0.6 is 0 Å². The fraction of sp³-hybridized carbons (Fsp3) is 0.786. The molecule has 2 amide bonds. The molecule has 1 saturated heterocycles. The van der Waals surface area contributed by atoms with E-state index in [2.05, 4.69) is 5.32 Å². The van der Waals surface area contributed by atoms with Crippen molar-refractivity contribution in [2.24, 2.45) is 0 Å². The van der Waals surface area contributed by atoms with Gasteiger partial charge in [-0.05, 0) is 12.8 Å². The average molecular weight is 299 g/mol. The monoisotopic (exact) mass is 299 g/mol. The van der Waals surface area contributed by atoms with Crippen molar-refractivity contribution in [2.45, 2.75) is 39.2 Å². The van der Waals surface area contributed by atoms with Crippen LogP contribution in [0.5, 0.6) is 0 Å². The van der Waals surface area contributed by atoms with Crippen LogP contribution in [-0.4, -0.2) is 71.5 Å². The van der Waals surface area contributed by atoms with E-state index in [9.17, 15) is 14.4 Å². The molecule has 0 radical (unpaired) electrons. The highest BCUT2D eigenvalue weighted by Gasteiger charge is 2.33. The number of hydrogen-bond donors (Lipinski definition) is 2. The SMILES string of the molecule is CCCN(CCC)C(=O)CN1CCNC(=O)C1CC(=O)O. The summed E-state index contributed by atoms with van der Waals surface area (Å²) in [6, 6.07) is -0.759. The minimum Gasteiger partial charge on any atom is -0.481 e. The molecule has 7 heteroatoms. The van der Waals surface area contributed by atoms with Crippen molar-refractivity contribution in [2.75, 3.05) is 32.7 Å². The van der Waals surface area contributed by atoms with Gasteiger partial charge in [-0.1, -0.05) is 13.8 Å². The normalized spacial score (nSPS) is 19.1. The number of carboxylic acids is 1. The van der Waals surface area contributed by atoms with E-state index in [0.717, 1.165) is 12.8 Å². The third-order valence-electron chi connectivity index (χ3n) is 3.49. The maximum Gasteiger partial charge on any atom is 0.305 e. The maximum absolute atomic E-state index is 12.3.